The van der Waals surface area contributed by atoms with E-state index in [0.29, 0.717) is 11.0 Å². The van der Waals surface area contributed by atoms with E-state index in [2.05, 4.69) is 15.1 Å². The van der Waals surface area contributed by atoms with Gasteiger partial charge in [0.1, 0.15) is 17.8 Å². The Morgan fingerprint density at radius 3 is 2.92 bits per heavy atom. The van der Waals surface area contributed by atoms with E-state index >= 15 is 0 Å². The molecule has 2 aromatic heterocycles. The summed E-state index contributed by atoms with van der Waals surface area (Å²) < 4.78 is 1.55. The van der Waals surface area contributed by atoms with Gasteiger partial charge in [-0.05, 0) is 12.1 Å². The van der Waals surface area contributed by atoms with Crippen molar-refractivity contribution in [1.29, 1.82) is 0 Å². The largest absolute Gasteiger partial charge is 0.223 e. The van der Waals surface area contributed by atoms with Crippen LogP contribution in [-0.2, 0) is 0 Å². The number of hydrogen-bond acceptors (Lipinski definition) is 3. The molecule has 0 aromatic carbocycles. The van der Waals surface area contributed by atoms with Crippen LogP contribution in [0.4, 0.5) is 0 Å². The van der Waals surface area contributed by atoms with Gasteiger partial charge in [0.15, 0.2) is 5.82 Å². The lowest BCUT2D eigenvalue weighted by Gasteiger charge is -1.97. The van der Waals surface area contributed by atoms with Crippen LogP contribution in [0, 0.1) is 0 Å². The van der Waals surface area contributed by atoms with Crippen LogP contribution in [0.5, 0.6) is 0 Å². The second kappa shape index (κ2) is 2.91. The molecule has 12 heavy (non-hydrogen) atoms. The summed E-state index contributed by atoms with van der Waals surface area (Å²) in [4.78, 5) is 7.84. The number of hydrogen-bond donors (Lipinski definition) is 0. The van der Waals surface area contributed by atoms with Crippen LogP contribution in [0.15, 0.2) is 30.9 Å². The zero-order valence-electron chi connectivity index (χ0n) is 6.05. The number of rotatable bonds is 1. The molecule has 0 unspecified atom stereocenters. The molecule has 0 aliphatic carbocycles. The first-order valence-corrected chi connectivity index (χ1v) is 3.71. The van der Waals surface area contributed by atoms with Gasteiger partial charge in [-0.3, -0.25) is 0 Å². The van der Waals surface area contributed by atoms with Crippen molar-refractivity contribution < 1.29 is 0 Å². The molecule has 5 heteroatoms. The maximum absolute atomic E-state index is 5.69. The molecular weight excluding hydrogens is 176 g/mol. The molecule has 0 bridgehead atoms. The molecule has 0 fully saturated rings. The van der Waals surface area contributed by atoms with Gasteiger partial charge in [-0.25, -0.2) is 14.6 Å². The predicted molar refractivity (Wildman–Crippen MR) is 44.2 cm³/mol. The van der Waals surface area contributed by atoms with E-state index in [1.165, 1.54) is 6.33 Å². The normalized spacial score (nSPS) is 10.1. The zero-order valence-corrected chi connectivity index (χ0v) is 6.81. The van der Waals surface area contributed by atoms with E-state index in [4.69, 9.17) is 11.6 Å². The summed E-state index contributed by atoms with van der Waals surface area (Å²) in [5.74, 6) is 0.667. The first-order valence-electron chi connectivity index (χ1n) is 3.34. The van der Waals surface area contributed by atoms with Gasteiger partial charge in [0.25, 0.3) is 0 Å². The van der Waals surface area contributed by atoms with Crippen LogP contribution in [-0.4, -0.2) is 19.7 Å². The molecule has 0 saturated carbocycles. The Bertz CT molecular complexity index is 371. The summed E-state index contributed by atoms with van der Waals surface area (Å²) >= 11 is 5.69. The second-order valence-electron chi connectivity index (χ2n) is 2.16. The average molecular weight is 181 g/mol. The summed E-state index contributed by atoms with van der Waals surface area (Å²) in [7, 11) is 0. The maximum Gasteiger partial charge on any atom is 0.156 e. The molecular formula is C7H5ClN4. The zero-order chi connectivity index (χ0) is 8.39. The standard InChI is InChI=1S/C7H5ClN4/c8-6-2-1-3-7(11-6)12-5-9-4-10-12/h1-5H. The average Bonchev–Trinajstić information content (AvgIpc) is 2.56. The Morgan fingerprint density at radius 1 is 1.33 bits per heavy atom. The highest BCUT2D eigenvalue weighted by atomic mass is 35.5. The third-order valence-electron chi connectivity index (χ3n) is 1.35. The van der Waals surface area contributed by atoms with E-state index in [1.54, 1.807) is 23.1 Å². The molecule has 0 aliphatic heterocycles. The van der Waals surface area contributed by atoms with Gasteiger partial charge in [0.05, 0.1) is 0 Å². The van der Waals surface area contributed by atoms with Crippen molar-refractivity contribution >= 4 is 11.6 Å². The van der Waals surface area contributed by atoms with E-state index in [-0.39, 0.29) is 0 Å². The van der Waals surface area contributed by atoms with Crippen molar-refractivity contribution in [3.8, 4) is 5.82 Å². The third kappa shape index (κ3) is 1.29. The number of pyridine rings is 1. The molecule has 0 amide bonds. The number of aromatic nitrogens is 4. The Kier molecular flexibility index (Phi) is 1.75. The van der Waals surface area contributed by atoms with Crippen molar-refractivity contribution in [1.82, 2.24) is 19.7 Å². The van der Waals surface area contributed by atoms with Crippen LogP contribution >= 0.6 is 11.6 Å². The van der Waals surface area contributed by atoms with E-state index in [1.807, 2.05) is 6.07 Å². The van der Waals surface area contributed by atoms with Crippen LogP contribution in [0.1, 0.15) is 0 Å². The van der Waals surface area contributed by atoms with E-state index < -0.39 is 0 Å². The van der Waals surface area contributed by atoms with Gasteiger partial charge in [0.2, 0.25) is 0 Å². The lowest BCUT2D eigenvalue weighted by Crippen LogP contribution is -1.96. The summed E-state index contributed by atoms with van der Waals surface area (Å²) in [5, 5.41) is 4.36. The minimum Gasteiger partial charge on any atom is -0.223 e. The molecule has 2 heterocycles. The summed E-state index contributed by atoms with van der Waals surface area (Å²) in [6.07, 6.45) is 3.02. The smallest absolute Gasteiger partial charge is 0.156 e. The van der Waals surface area contributed by atoms with Crippen LogP contribution < -0.4 is 0 Å². The molecule has 0 radical (unpaired) electrons. The van der Waals surface area contributed by atoms with E-state index in [0.717, 1.165) is 0 Å². The van der Waals surface area contributed by atoms with Gasteiger partial charge in [-0.15, -0.1) is 0 Å². The highest BCUT2D eigenvalue weighted by Gasteiger charge is 1.97. The molecule has 2 aromatic rings. The van der Waals surface area contributed by atoms with Crippen molar-refractivity contribution in [2.45, 2.75) is 0 Å². The van der Waals surface area contributed by atoms with E-state index in [9.17, 15) is 0 Å². The summed E-state index contributed by atoms with van der Waals surface area (Å²) in [5.41, 5.74) is 0. The SMILES string of the molecule is Clc1cccc(-n2cncn2)n1. The fourth-order valence-corrected chi connectivity index (χ4v) is 1.01. The molecule has 60 valence electrons. The minimum absolute atomic E-state index is 0.447. The molecule has 0 N–H and O–H groups in total. The quantitative estimate of drug-likeness (QED) is 0.622. The van der Waals surface area contributed by atoms with Crippen molar-refractivity contribution in [2.24, 2.45) is 0 Å². The lowest BCUT2D eigenvalue weighted by molar-refractivity contribution is 0.845. The number of nitrogens with zero attached hydrogens (tertiary/aromatic N) is 4. The second-order valence-corrected chi connectivity index (χ2v) is 2.55. The molecule has 0 atom stereocenters. The third-order valence-corrected chi connectivity index (χ3v) is 1.56. The van der Waals surface area contributed by atoms with Crippen molar-refractivity contribution in [3.05, 3.63) is 36.0 Å². The first kappa shape index (κ1) is 7.24. The summed E-state index contributed by atoms with van der Waals surface area (Å²) in [6.45, 7) is 0. The van der Waals surface area contributed by atoms with Gasteiger partial charge in [0, 0.05) is 0 Å². The lowest BCUT2D eigenvalue weighted by atomic mass is 10.5. The highest BCUT2D eigenvalue weighted by molar-refractivity contribution is 6.29. The summed E-state index contributed by atoms with van der Waals surface area (Å²) in [6, 6.07) is 5.33. The Morgan fingerprint density at radius 2 is 2.25 bits per heavy atom. The molecule has 0 aliphatic rings. The van der Waals surface area contributed by atoms with Gasteiger partial charge >= 0.3 is 0 Å². The first-order chi connectivity index (χ1) is 5.86. The minimum atomic E-state index is 0.447. The molecule has 2 rings (SSSR count). The van der Waals surface area contributed by atoms with Crippen molar-refractivity contribution in [3.63, 3.8) is 0 Å². The van der Waals surface area contributed by atoms with Crippen LogP contribution in [0.25, 0.3) is 5.82 Å². The molecule has 4 nitrogen and oxygen atoms in total. The fourth-order valence-electron chi connectivity index (χ4n) is 0.852. The predicted octanol–water partition coefficient (Wildman–Crippen LogP) is 1.32. The topological polar surface area (TPSA) is 43.6 Å². The Hall–Kier alpha value is -1.42. The Labute approximate surface area is 73.8 Å². The highest BCUT2D eigenvalue weighted by Crippen LogP contribution is 2.07. The molecule has 0 spiro atoms. The molecule has 0 saturated heterocycles. The Balaban J connectivity index is 2.48. The van der Waals surface area contributed by atoms with Gasteiger partial charge in [-0.1, -0.05) is 17.7 Å². The van der Waals surface area contributed by atoms with Crippen molar-refractivity contribution in [2.75, 3.05) is 0 Å². The van der Waals surface area contributed by atoms with Gasteiger partial charge in [-0.2, -0.15) is 5.10 Å². The fraction of sp³-hybridized carbons (Fsp3) is 0. The van der Waals surface area contributed by atoms with Gasteiger partial charge < -0.3 is 0 Å². The monoisotopic (exact) mass is 180 g/mol. The number of halogens is 1. The van der Waals surface area contributed by atoms with Crippen LogP contribution in [0.3, 0.4) is 0 Å². The van der Waals surface area contributed by atoms with Crippen LogP contribution in [0.2, 0.25) is 5.15 Å². The maximum atomic E-state index is 5.69.